The summed E-state index contributed by atoms with van der Waals surface area (Å²) in [6.45, 7) is 12.9. The zero-order valence-electron chi connectivity index (χ0n) is 17.2. The van der Waals surface area contributed by atoms with Gasteiger partial charge in [-0.15, -0.1) is 6.58 Å². The van der Waals surface area contributed by atoms with E-state index in [-0.39, 0.29) is 11.8 Å². The van der Waals surface area contributed by atoms with E-state index in [2.05, 4.69) is 31.6 Å². The Morgan fingerprint density at radius 3 is 2.50 bits per heavy atom. The van der Waals surface area contributed by atoms with Gasteiger partial charge >= 0.3 is 6.18 Å². The van der Waals surface area contributed by atoms with Crippen molar-refractivity contribution < 1.29 is 13.2 Å². The molecule has 0 N–H and O–H groups in total. The van der Waals surface area contributed by atoms with E-state index < -0.39 is 17.2 Å². The molecule has 0 radical (unpaired) electrons. The third-order valence-electron chi connectivity index (χ3n) is 4.94. The molecule has 1 fully saturated rings. The summed E-state index contributed by atoms with van der Waals surface area (Å²) in [5.74, 6) is 0.243. The van der Waals surface area contributed by atoms with Crippen LogP contribution in [0.4, 0.5) is 13.2 Å². The Hall–Kier alpha value is -2.30. The molecule has 1 aliphatic rings. The monoisotopic (exact) mass is 390 g/mol. The maximum Gasteiger partial charge on any atom is 0.412 e. The normalized spacial score (nSPS) is 24.3. The molecule has 152 valence electrons. The van der Waals surface area contributed by atoms with Crippen LogP contribution in [0.15, 0.2) is 66.4 Å². The molecule has 28 heavy (non-hydrogen) atoms. The minimum Gasteiger partial charge on any atom is -0.241 e. The van der Waals surface area contributed by atoms with E-state index in [4.69, 9.17) is 0 Å². The summed E-state index contributed by atoms with van der Waals surface area (Å²) < 4.78 is 41.5. The molecular formula is C23H29F3N2. The number of allylic oxidation sites excluding steroid dienone is 9. The molecule has 1 aromatic rings. The molecular weight excluding hydrogens is 361 g/mol. The van der Waals surface area contributed by atoms with Crippen LogP contribution in [0.2, 0.25) is 0 Å². The Morgan fingerprint density at radius 2 is 2.07 bits per heavy atom. The molecule has 2 rings (SSSR count). The molecule has 0 aliphatic heterocycles. The Kier molecular flexibility index (Phi) is 6.58. The molecule has 2 nitrogen and oxygen atoms in total. The molecule has 2 atom stereocenters. The Labute approximate surface area is 165 Å². The van der Waals surface area contributed by atoms with Crippen molar-refractivity contribution in [2.45, 2.75) is 47.2 Å². The second kappa shape index (κ2) is 8.38. The molecule has 0 bridgehead atoms. The van der Waals surface area contributed by atoms with Gasteiger partial charge < -0.3 is 0 Å². The number of alkyl halides is 3. The van der Waals surface area contributed by atoms with Crippen LogP contribution in [0.3, 0.4) is 0 Å². The van der Waals surface area contributed by atoms with Crippen LogP contribution in [-0.4, -0.2) is 16.0 Å². The van der Waals surface area contributed by atoms with Gasteiger partial charge in [-0.1, -0.05) is 44.2 Å². The predicted molar refractivity (Wildman–Crippen MR) is 110 cm³/mol. The lowest BCUT2D eigenvalue weighted by atomic mass is 9.88. The van der Waals surface area contributed by atoms with Crippen LogP contribution in [0.1, 0.15) is 39.8 Å². The first kappa shape index (κ1) is 22.0. The number of rotatable bonds is 7. The first-order valence-electron chi connectivity index (χ1n) is 9.52. The SMILES string of the molecule is C=CC1CC1(/C=C(\C)C(F)(F)F)C(/C=C\C)=C/C(=C/C(C)C)n1ccc(C)n1. The number of nitrogens with zero attached hydrogens (tertiary/aromatic N) is 2. The van der Waals surface area contributed by atoms with Crippen molar-refractivity contribution in [2.24, 2.45) is 17.3 Å². The first-order chi connectivity index (χ1) is 13.0. The molecule has 0 spiro atoms. The molecule has 1 saturated carbocycles. The second-order valence-corrected chi connectivity index (χ2v) is 7.75. The highest BCUT2D eigenvalue weighted by Gasteiger charge is 2.53. The van der Waals surface area contributed by atoms with Crippen LogP contribution < -0.4 is 0 Å². The number of aryl methyl sites for hydroxylation is 1. The Bertz CT molecular complexity index is 834. The molecule has 0 amide bonds. The maximum absolute atomic E-state index is 13.2. The lowest BCUT2D eigenvalue weighted by Gasteiger charge is -2.18. The number of aromatic nitrogens is 2. The quantitative estimate of drug-likeness (QED) is 0.366. The van der Waals surface area contributed by atoms with Crippen molar-refractivity contribution in [1.82, 2.24) is 9.78 Å². The van der Waals surface area contributed by atoms with Crippen molar-refractivity contribution in [2.75, 3.05) is 0 Å². The van der Waals surface area contributed by atoms with E-state index in [1.807, 2.05) is 44.3 Å². The van der Waals surface area contributed by atoms with E-state index in [1.54, 1.807) is 10.8 Å². The van der Waals surface area contributed by atoms with Gasteiger partial charge in [-0.3, -0.25) is 0 Å². The smallest absolute Gasteiger partial charge is 0.241 e. The van der Waals surface area contributed by atoms with Crippen LogP contribution in [0, 0.1) is 24.2 Å². The molecule has 1 aromatic heterocycles. The van der Waals surface area contributed by atoms with Crippen LogP contribution in [0.5, 0.6) is 0 Å². The molecule has 1 aliphatic carbocycles. The molecule has 1 heterocycles. The molecule has 5 heteroatoms. The van der Waals surface area contributed by atoms with Gasteiger partial charge in [-0.05, 0) is 56.7 Å². The minimum atomic E-state index is -4.34. The van der Waals surface area contributed by atoms with Gasteiger partial charge in [0, 0.05) is 17.2 Å². The van der Waals surface area contributed by atoms with Gasteiger partial charge in [0.1, 0.15) is 0 Å². The topological polar surface area (TPSA) is 17.8 Å². The van der Waals surface area contributed by atoms with E-state index in [1.165, 1.54) is 6.08 Å². The zero-order chi connectivity index (χ0) is 21.1. The van der Waals surface area contributed by atoms with E-state index in [0.717, 1.165) is 23.9 Å². The van der Waals surface area contributed by atoms with E-state index >= 15 is 0 Å². The van der Waals surface area contributed by atoms with Crippen molar-refractivity contribution in [1.29, 1.82) is 0 Å². The third-order valence-corrected chi connectivity index (χ3v) is 4.94. The Morgan fingerprint density at radius 1 is 1.39 bits per heavy atom. The Balaban J connectivity index is 2.61. The summed E-state index contributed by atoms with van der Waals surface area (Å²) in [5, 5.41) is 4.48. The first-order valence-corrected chi connectivity index (χ1v) is 9.52. The zero-order valence-corrected chi connectivity index (χ0v) is 17.2. The van der Waals surface area contributed by atoms with Crippen molar-refractivity contribution >= 4 is 5.70 Å². The largest absolute Gasteiger partial charge is 0.412 e. The van der Waals surface area contributed by atoms with E-state index in [0.29, 0.717) is 6.42 Å². The van der Waals surface area contributed by atoms with Gasteiger partial charge in [0.2, 0.25) is 0 Å². The third kappa shape index (κ3) is 4.94. The predicted octanol–water partition coefficient (Wildman–Crippen LogP) is 6.89. The second-order valence-electron chi connectivity index (χ2n) is 7.75. The summed E-state index contributed by atoms with van der Waals surface area (Å²) >= 11 is 0. The highest BCUT2D eigenvalue weighted by Crippen LogP contribution is 2.61. The van der Waals surface area contributed by atoms with Crippen molar-refractivity contribution in [3.05, 3.63) is 72.1 Å². The highest BCUT2D eigenvalue weighted by molar-refractivity contribution is 5.62. The van der Waals surface area contributed by atoms with Gasteiger partial charge in [0.05, 0.1) is 11.4 Å². The lowest BCUT2D eigenvalue weighted by Crippen LogP contribution is -2.13. The summed E-state index contributed by atoms with van der Waals surface area (Å²) in [6.07, 6.45) is 9.05. The fourth-order valence-corrected chi connectivity index (χ4v) is 3.42. The van der Waals surface area contributed by atoms with Gasteiger partial charge in [0.25, 0.3) is 0 Å². The summed E-state index contributed by atoms with van der Waals surface area (Å²) in [6, 6.07) is 1.91. The number of halogens is 3. The molecule has 0 saturated heterocycles. The van der Waals surface area contributed by atoms with E-state index in [9.17, 15) is 13.2 Å². The lowest BCUT2D eigenvalue weighted by molar-refractivity contribution is -0.0918. The fourth-order valence-electron chi connectivity index (χ4n) is 3.42. The number of hydrogen-bond acceptors (Lipinski definition) is 1. The standard InChI is InChI=1S/C23H29F3N2/c1-7-9-20(13-21(12-16(3)4)28-11-10-18(6)27-28)22(15-19(22)8-2)14-17(5)23(24,25)26/h7-14,16,19H,2,15H2,1,3-6H3/b9-7-,17-14+,20-13+,21-12-. The summed E-state index contributed by atoms with van der Waals surface area (Å²) in [5.41, 5.74) is 1.31. The summed E-state index contributed by atoms with van der Waals surface area (Å²) in [7, 11) is 0. The molecule has 2 unspecified atom stereocenters. The van der Waals surface area contributed by atoms with Crippen LogP contribution in [-0.2, 0) is 0 Å². The summed E-state index contributed by atoms with van der Waals surface area (Å²) in [4.78, 5) is 0. The van der Waals surface area contributed by atoms with Gasteiger partial charge in [-0.25, -0.2) is 4.68 Å². The van der Waals surface area contributed by atoms with Crippen LogP contribution in [0.25, 0.3) is 5.70 Å². The fraction of sp³-hybridized carbons (Fsp3) is 0.435. The van der Waals surface area contributed by atoms with Gasteiger partial charge in [-0.2, -0.15) is 18.3 Å². The average molecular weight is 390 g/mol. The van der Waals surface area contributed by atoms with Crippen LogP contribution >= 0.6 is 0 Å². The van der Waals surface area contributed by atoms with Crippen molar-refractivity contribution in [3.63, 3.8) is 0 Å². The maximum atomic E-state index is 13.2. The highest BCUT2D eigenvalue weighted by atomic mass is 19.4. The minimum absolute atomic E-state index is 0.0214. The average Bonchev–Trinajstić information content (AvgIpc) is 3.13. The number of hydrogen-bond donors (Lipinski definition) is 0. The molecule has 0 aromatic carbocycles. The van der Waals surface area contributed by atoms with Crippen molar-refractivity contribution in [3.8, 4) is 0 Å². The van der Waals surface area contributed by atoms with Gasteiger partial charge in [0.15, 0.2) is 0 Å².